The maximum atomic E-state index is 12.7. The lowest BCUT2D eigenvalue weighted by Gasteiger charge is -2.10. The maximum absolute atomic E-state index is 12.7. The number of thioether (sulfide) groups is 1. The third-order valence-electron chi connectivity index (χ3n) is 3.56. The molecule has 1 aromatic heterocycles. The molecule has 1 aromatic carbocycles. The van der Waals surface area contributed by atoms with Gasteiger partial charge in [0.05, 0.1) is 19.7 Å². The minimum atomic E-state index is -4.59. The number of phenolic OH excluding ortho intramolecular Hbond substituents is 1. The molecular weight excluding hydrogens is 459 g/mol. The standard InChI is InChI=1S/C20H19ClF3NOS3/c1-3-4-6-13(7-5-10-27-2)19-16(21)12-18(28-19)29-25-14-8-9-15(17(26)11-14)20(22,23)24/h3,5-9,11-12,25-26H,1,4,10H2,2H3/b7-5-,13-6+. The van der Waals surface area contributed by atoms with Gasteiger partial charge in [0.15, 0.2) is 0 Å². The fourth-order valence-electron chi connectivity index (χ4n) is 2.26. The minimum absolute atomic E-state index is 0.355. The topological polar surface area (TPSA) is 32.3 Å². The number of hydrogen-bond acceptors (Lipinski definition) is 5. The molecule has 0 aliphatic carbocycles. The minimum Gasteiger partial charge on any atom is -0.507 e. The van der Waals surface area contributed by atoms with E-state index in [9.17, 15) is 18.3 Å². The second kappa shape index (κ2) is 11.1. The summed E-state index contributed by atoms with van der Waals surface area (Å²) >= 11 is 10.8. The van der Waals surface area contributed by atoms with Crippen LogP contribution < -0.4 is 4.72 Å². The van der Waals surface area contributed by atoms with Crippen LogP contribution in [0.5, 0.6) is 5.75 Å². The molecule has 0 bridgehead atoms. The van der Waals surface area contributed by atoms with Gasteiger partial charge in [0.2, 0.25) is 0 Å². The fourth-order valence-corrected chi connectivity index (χ4v) is 4.88. The van der Waals surface area contributed by atoms with Crippen molar-refractivity contribution < 1.29 is 18.3 Å². The third kappa shape index (κ3) is 7.06. The van der Waals surface area contributed by atoms with Crippen molar-refractivity contribution in [2.75, 3.05) is 16.7 Å². The van der Waals surface area contributed by atoms with E-state index in [1.807, 2.05) is 18.4 Å². The molecular formula is C20H19ClF3NOS3. The van der Waals surface area contributed by atoms with Crippen molar-refractivity contribution >= 4 is 57.9 Å². The Labute approximate surface area is 185 Å². The van der Waals surface area contributed by atoms with Crippen molar-refractivity contribution in [3.05, 3.63) is 70.6 Å². The molecule has 0 atom stereocenters. The monoisotopic (exact) mass is 477 g/mol. The van der Waals surface area contributed by atoms with E-state index < -0.39 is 17.5 Å². The zero-order valence-electron chi connectivity index (χ0n) is 15.4. The van der Waals surface area contributed by atoms with Crippen LogP contribution in [-0.2, 0) is 6.18 Å². The highest BCUT2D eigenvalue weighted by Gasteiger charge is 2.33. The summed E-state index contributed by atoms with van der Waals surface area (Å²) < 4.78 is 42.0. The normalized spacial score (nSPS) is 12.5. The lowest BCUT2D eigenvalue weighted by Crippen LogP contribution is -2.05. The molecule has 2 nitrogen and oxygen atoms in total. The highest BCUT2D eigenvalue weighted by Crippen LogP contribution is 2.40. The predicted octanol–water partition coefficient (Wildman–Crippen LogP) is 8.12. The zero-order valence-corrected chi connectivity index (χ0v) is 18.6. The predicted molar refractivity (Wildman–Crippen MR) is 122 cm³/mol. The van der Waals surface area contributed by atoms with Crippen LogP contribution in [0.4, 0.5) is 18.9 Å². The highest BCUT2D eigenvalue weighted by atomic mass is 35.5. The molecule has 0 amide bonds. The summed E-state index contributed by atoms with van der Waals surface area (Å²) in [5.74, 6) is 0.0659. The number of halogens is 4. The number of allylic oxidation sites excluding steroid dienone is 4. The second-order valence-electron chi connectivity index (χ2n) is 5.72. The van der Waals surface area contributed by atoms with E-state index in [1.54, 1.807) is 23.9 Å². The Morgan fingerprint density at radius 2 is 2.10 bits per heavy atom. The Bertz CT molecular complexity index is 907. The first-order valence-electron chi connectivity index (χ1n) is 8.35. The molecule has 9 heteroatoms. The number of alkyl halides is 3. The highest BCUT2D eigenvalue weighted by molar-refractivity contribution is 8.02. The summed E-state index contributed by atoms with van der Waals surface area (Å²) in [7, 11) is 0. The van der Waals surface area contributed by atoms with Gasteiger partial charge in [-0.3, -0.25) is 0 Å². The van der Waals surface area contributed by atoms with Gasteiger partial charge in [-0.2, -0.15) is 24.9 Å². The van der Waals surface area contributed by atoms with Crippen LogP contribution in [0.25, 0.3) is 5.57 Å². The van der Waals surface area contributed by atoms with Crippen LogP contribution in [0, 0.1) is 0 Å². The Morgan fingerprint density at radius 3 is 2.72 bits per heavy atom. The summed E-state index contributed by atoms with van der Waals surface area (Å²) in [6, 6.07) is 4.96. The summed E-state index contributed by atoms with van der Waals surface area (Å²) in [6.45, 7) is 3.73. The van der Waals surface area contributed by atoms with E-state index in [1.165, 1.54) is 29.4 Å². The van der Waals surface area contributed by atoms with Crippen LogP contribution in [0.15, 0.2) is 59.4 Å². The van der Waals surface area contributed by atoms with Crippen LogP contribution in [0.1, 0.15) is 16.9 Å². The van der Waals surface area contributed by atoms with E-state index in [0.29, 0.717) is 17.1 Å². The fraction of sp³-hybridized carbons (Fsp3) is 0.200. The van der Waals surface area contributed by atoms with Gasteiger partial charge in [0.25, 0.3) is 0 Å². The number of thiophene rings is 1. The van der Waals surface area contributed by atoms with Gasteiger partial charge >= 0.3 is 6.18 Å². The average molecular weight is 478 g/mol. The lowest BCUT2D eigenvalue weighted by molar-refractivity contribution is -0.138. The molecule has 0 saturated carbocycles. The van der Waals surface area contributed by atoms with Gasteiger partial charge in [-0.15, -0.1) is 17.9 Å². The Hall–Kier alpha value is -1.48. The Balaban J connectivity index is 2.15. The van der Waals surface area contributed by atoms with Crippen molar-refractivity contribution in [2.24, 2.45) is 0 Å². The van der Waals surface area contributed by atoms with Gasteiger partial charge in [-0.05, 0) is 48.4 Å². The number of aromatic hydroxyl groups is 1. The average Bonchev–Trinajstić information content (AvgIpc) is 3.02. The number of benzene rings is 1. The van der Waals surface area contributed by atoms with Crippen molar-refractivity contribution in [1.82, 2.24) is 0 Å². The van der Waals surface area contributed by atoms with E-state index in [-0.39, 0.29) is 0 Å². The van der Waals surface area contributed by atoms with Crippen LogP contribution in [-0.4, -0.2) is 17.1 Å². The van der Waals surface area contributed by atoms with Gasteiger partial charge in [0, 0.05) is 17.5 Å². The molecule has 0 saturated heterocycles. The summed E-state index contributed by atoms with van der Waals surface area (Å²) in [4.78, 5) is 0.908. The number of anilines is 1. The number of nitrogens with one attached hydrogen (secondary N) is 1. The van der Waals surface area contributed by atoms with Crippen LogP contribution in [0.2, 0.25) is 5.02 Å². The molecule has 0 fully saturated rings. The Kier molecular flexibility index (Phi) is 9.07. The largest absolute Gasteiger partial charge is 0.507 e. The molecule has 2 rings (SSSR count). The van der Waals surface area contributed by atoms with Gasteiger partial charge in [0.1, 0.15) is 5.75 Å². The summed E-state index contributed by atoms with van der Waals surface area (Å²) in [5, 5.41) is 10.2. The molecule has 2 aromatic rings. The van der Waals surface area contributed by atoms with Crippen molar-refractivity contribution in [2.45, 2.75) is 16.8 Å². The van der Waals surface area contributed by atoms with Crippen LogP contribution >= 0.6 is 46.6 Å². The molecule has 1 heterocycles. The van der Waals surface area contributed by atoms with Crippen molar-refractivity contribution in [3.8, 4) is 5.75 Å². The molecule has 0 aliphatic rings. The first kappa shape index (κ1) is 23.8. The first-order chi connectivity index (χ1) is 13.8. The Morgan fingerprint density at radius 1 is 1.34 bits per heavy atom. The van der Waals surface area contributed by atoms with E-state index in [2.05, 4.69) is 17.4 Å². The van der Waals surface area contributed by atoms with Gasteiger partial charge in [-0.1, -0.05) is 35.9 Å². The molecule has 0 spiro atoms. The van der Waals surface area contributed by atoms with E-state index in [4.69, 9.17) is 11.6 Å². The molecule has 0 aliphatic heterocycles. The van der Waals surface area contributed by atoms with Crippen LogP contribution in [0.3, 0.4) is 0 Å². The zero-order chi connectivity index (χ0) is 21.4. The van der Waals surface area contributed by atoms with Gasteiger partial charge in [-0.25, -0.2) is 0 Å². The lowest BCUT2D eigenvalue weighted by atomic mass is 10.1. The number of hydrogen-bond donors (Lipinski definition) is 2. The maximum Gasteiger partial charge on any atom is 0.419 e. The quantitative estimate of drug-likeness (QED) is 0.217. The van der Waals surface area contributed by atoms with E-state index in [0.717, 1.165) is 32.5 Å². The number of rotatable bonds is 9. The smallest absolute Gasteiger partial charge is 0.419 e. The second-order valence-corrected chi connectivity index (χ2v) is 9.19. The molecule has 0 unspecified atom stereocenters. The first-order valence-corrected chi connectivity index (χ1v) is 11.8. The van der Waals surface area contributed by atoms with Crippen molar-refractivity contribution in [1.29, 1.82) is 0 Å². The van der Waals surface area contributed by atoms with Crippen molar-refractivity contribution in [3.63, 3.8) is 0 Å². The molecule has 29 heavy (non-hydrogen) atoms. The van der Waals surface area contributed by atoms with E-state index >= 15 is 0 Å². The molecule has 0 radical (unpaired) electrons. The molecule has 156 valence electrons. The summed E-state index contributed by atoms with van der Waals surface area (Å²) in [5.41, 5.74) is 0.283. The third-order valence-corrected chi connectivity index (χ3v) is 6.64. The van der Waals surface area contributed by atoms with Gasteiger partial charge < -0.3 is 9.83 Å². The number of phenols is 1. The SMILES string of the molecule is C=CC/C=C(\C=C/CSC)c1sc(SNc2ccc(C(F)(F)F)c(O)c2)cc1Cl. The molecule has 2 N–H and O–H groups in total. The summed E-state index contributed by atoms with van der Waals surface area (Å²) in [6.07, 6.45) is 6.06.